The summed E-state index contributed by atoms with van der Waals surface area (Å²) in [7, 11) is 0. The van der Waals surface area contributed by atoms with Crippen molar-refractivity contribution >= 4 is 11.6 Å². The van der Waals surface area contributed by atoms with E-state index in [4.69, 9.17) is 0 Å². The first kappa shape index (κ1) is 16.7. The number of nitrogens with one attached hydrogen (secondary N) is 2. The van der Waals surface area contributed by atoms with E-state index in [2.05, 4.69) is 55.2 Å². The lowest BCUT2D eigenvalue weighted by atomic mass is 10.1. The van der Waals surface area contributed by atoms with Crippen LogP contribution in [0.5, 0.6) is 0 Å². The summed E-state index contributed by atoms with van der Waals surface area (Å²) in [5.41, 5.74) is 0. The quantitative estimate of drug-likeness (QED) is 0.683. The Hall–Kier alpha value is -1.36. The molecule has 3 N–H and O–H groups in total. The highest BCUT2D eigenvalue weighted by molar-refractivity contribution is 5.48. The predicted octanol–water partition coefficient (Wildman–Crippen LogP) is 2.85. The molecule has 0 spiro atoms. The van der Waals surface area contributed by atoms with Crippen LogP contribution in [0.2, 0.25) is 0 Å². The Morgan fingerprint density at radius 3 is 2.30 bits per heavy atom. The Morgan fingerprint density at radius 2 is 1.80 bits per heavy atom. The summed E-state index contributed by atoms with van der Waals surface area (Å²) in [4.78, 5) is 9.06. The Balaban J connectivity index is 2.95. The van der Waals surface area contributed by atoms with Crippen LogP contribution in [0.3, 0.4) is 0 Å². The molecule has 0 radical (unpaired) electrons. The molecule has 5 heteroatoms. The van der Waals surface area contributed by atoms with E-state index in [9.17, 15) is 5.11 Å². The van der Waals surface area contributed by atoms with E-state index < -0.39 is 0 Å². The van der Waals surface area contributed by atoms with Gasteiger partial charge in [-0.25, -0.2) is 9.97 Å². The fraction of sp³-hybridized carbons (Fsp3) is 0.733. The molecule has 1 aromatic rings. The second-order valence-corrected chi connectivity index (χ2v) is 5.76. The maximum Gasteiger partial charge on any atom is 0.135 e. The predicted molar refractivity (Wildman–Crippen MR) is 84.2 cm³/mol. The van der Waals surface area contributed by atoms with Crippen LogP contribution in [0.4, 0.5) is 11.6 Å². The van der Waals surface area contributed by atoms with Gasteiger partial charge < -0.3 is 15.7 Å². The molecule has 0 fully saturated rings. The zero-order valence-corrected chi connectivity index (χ0v) is 13.3. The minimum atomic E-state index is 0.00365. The van der Waals surface area contributed by atoms with Gasteiger partial charge in [0, 0.05) is 18.5 Å². The fourth-order valence-electron chi connectivity index (χ4n) is 1.75. The first-order chi connectivity index (χ1) is 9.47. The largest absolute Gasteiger partial charge is 0.394 e. The van der Waals surface area contributed by atoms with Gasteiger partial charge in [-0.2, -0.15) is 0 Å². The molecule has 1 aromatic heterocycles. The fourth-order valence-corrected chi connectivity index (χ4v) is 1.75. The Kier molecular flexibility index (Phi) is 6.71. The van der Waals surface area contributed by atoms with E-state index >= 15 is 0 Å². The molecular weight excluding hydrogens is 252 g/mol. The van der Waals surface area contributed by atoms with Crippen molar-refractivity contribution in [3.8, 4) is 0 Å². The molecule has 1 atom stereocenters. The Morgan fingerprint density at radius 1 is 1.15 bits per heavy atom. The second kappa shape index (κ2) is 8.04. The van der Waals surface area contributed by atoms with E-state index in [1.165, 1.54) is 0 Å². The summed E-state index contributed by atoms with van der Waals surface area (Å²) in [5.74, 6) is 3.03. The van der Waals surface area contributed by atoms with E-state index in [-0.39, 0.29) is 18.6 Å². The molecule has 0 aromatic carbocycles. The van der Waals surface area contributed by atoms with Gasteiger partial charge in [0.1, 0.15) is 17.5 Å². The smallest absolute Gasteiger partial charge is 0.135 e. The Labute approximate surface area is 122 Å². The van der Waals surface area contributed by atoms with Crippen molar-refractivity contribution in [2.75, 3.05) is 23.8 Å². The minimum absolute atomic E-state index is 0.00365. The number of nitrogens with zero attached hydrogens (tertiary/aromatic N) is 2. The summed E-state index contributed by atoms with van der Waals surface area (Å²) in [5, 5.41) is 16.0. The molecular formula is C15H28N4O. The number of aliphatic hydroxyl groups is 1. The van der Waals surface area contributed by atoms with E-state index in [1.807, 2.05) is 6.07 Å². The summed E-state index contributed by atoms with van der Waals surface area (Å²) in [6.45, 7) is 11.4. The third-order valence-corrected chi connectivity index (χ3v) is 3.15. The van der Waals surface area contributed by atoms with E-state index in [0.717, 1.165) is 30.4 Å². The summed E-state index contributed by atoms with van der Waals surface area (Å²) in [6, 6.07) is 1.91. The van der Waals surface area contributed by atoms with Gasteiger partial charge in [-0.3, -0.25) is 0 Å². The van der Waals surface area contributed by atoms with Gasteiger partial charge in [0.2, 0.25) is 0 Å². The molecule has 114 valence electrons. The van der Waals surface area contributed by atoms with Gasteiger partial charge >= 0.3 is 0 Å². The van der Waals surface area contributed by atoms with Crippen LogP contribution in [-0.4, -0.2) is 34.3 Å². The third-order valence-electron chi connectivity index (χ3n) is 3.15. The second-order valence-electron chi connectivity index (χ2n) is 5.76. The van der Waals surface area contributed by atoms with Gasteiger partial charge in [-0.05, 0) is 12.3 Å². The lowest BCUT2D eigenvalue weighted by Gasteiger charge is -2.21. The monoisotopic (exact) mass is 280 g/mol. The van der Waals surface area contributed by atoms with Gasteiger partial charge in [0.25, 0.3) is 0 Å². The van der Waals surface area contributed by atoms with Gasteiger partial charge in [0.15, 0.2) is 0 Å². The standard InChI is InChI=1S/C15H28N4O/c1-6-7-16-13-8-14(17-12(9-20)10(2)3)19-15(18-13)11(4)5/h8,10-12,20H,6-7,9H2,1-5H3,(H2,16,17,18,19)/t12-/m1/s1. The molecule has 1 rings (SSSR count). The maximum atomic E-state index is 9.43. The van der Waals surface area contributed by atoms with Crippen molar-refractivity contribution in [1.82, 2.24) is 9.97 Å². The lowest BCUT2D eigenvalue weighted by Crippen LogP contribution is -2.30. The number of aliphatic hydroxyl groups excluding tert-OH is 1. The zero-order valence-electron chi connectivity index (χ0n) is 13.3. The number of hydrogen-bond donors (Lipinski definition) is 3. The van der Waals surface area contributed by atoms with Crippen molar-refractivity contribution in [2.24, 2.45) is 5.92 Å². The van der Waals surface area contributed by atoms with Crippen LogP contribution in [0.15, 0.2) is 6.07 Å². The molecule has 0 saturated carbocycles. The van der Waals surface area contributed by atoms with Crippen LogP contribution in [0.25, 0.3) is 0 Å². The number of rotatable bonds is 8. The molecule has 20 heavy (non-hydrogen) atoms. The maximum absolute atomic E-state index is 9.43. The molecule has 5 nitrogen and oxygen atoms in total. The van der Waals surface area contributed by atoms with Crippen LogP contribution in [-0.2, 0) is 0 Å². The van der Waals surface area contributed by atoms with Crippen molar-refractivity contribution in [3.05, 3.63) is 11.9 Å². The average molecular weight is 280 g/mol. The minimum Gasteiger partial charge on any atom is -0.394 e. The van der Waals surface area contributed by atoms with Crippen LogP contribution in [0, 0.1) is 5.92 Å². The van der Waals surface area contributed by atoms with Gasteiger partial charge in [0.05, 0.1) is 12.6 Å². The molecule has 0 unspecified atom stereocenters. The van der Waals surface area contributed by atoms with Crippen molar-refractivity contribution in [1.29, 1.82) is 0 Å². The van der Waals surface area contributed by atoms with Crippen molar-refractivity contribution in [3.63, 3.8) is 0 Å². The normalized spacial score (nSPS) is 12.8. The topological polar surface area (TPSA) is 70.1 Å². The SMILES string of the molecule is CCCNc1cc(N[C@H](CO)C(C)C)nc(C(C)C)n1. The zero-order chi connectivity index (χ0) is 15.1. The van der Waals surface area contributed by atoms with E-state index in [1.54, 1.807) is 0 Å². The lowest BCUT2D eigenvalue weighted by molar-refractivity contribution is 0.249. The van der Waals surface area contributed by atoms with Crippen LogP contribution >= 0.6 is 0 Å². The third kappa shape index (κ3) is 4.96. The molecule has 0 bridgehead atoms. The molecule has 0 aliphatic carbocycles. The molecule has 0 aliphatic heterocycles. The summed E-state index contributed by atoms with van der Waals surface area (Å²) >= 11 is 0. The van der Waals surface area contributed by atoms with Crippen LogP contribution < -0.4 is 10.6 Å². The average Bonchev–Trinajstić information content (AvgIpc) is 2.41. The Bertz CT molecular complexity index is 407. The highest BCUT2D eigenvalue weighted by Gasteiger charge is 2.14. The van der Waals surface area contributed by atoms with Gasteiger partial charge in [-0.15, -0.1) is 0 Å². The molecule has 0 amide bonds. The molecule has 0 saturated heterocycles. The molecule has 1 heterocycles. The van der Waals surface area contributed by atoms with Crippen LogP contribution in [0.1, 0.15) is 52.8 Å². The summed E-state index contributed by atoms with van der Waals surface area (Å²) < 4.78 is 0. The highest BCUT2D eigenvalue weighted by Crippen LogP contribution is 2.19. The number of hydrogen-bond acceptors (Lipinski definition) is 5. The van der Waals surface area contributed by atoms with Gasteiger partial charge in [-0.1, -0.05) is 34.6 Å². The number of anilines is 2. The molecule has 0 aliphatic rings. The highest BCUT2D eigenvalue weighted by atomic mass is 16.3. The first-order valence-electron chi connectivity index (χ1n) is 7.48. The van der Waals surface area contributed by atoms with Crippen molar-refractivity contribution in [2.45, 2.75) is 53.0 Å². The number of aromatic nitrogens is 2. The van der Waals surface area contributed by atoms with Crippen molar-refractivity contribution < 1.29 is 5.11 Å². The van der Waals surface area contributed by atoms with E-state index in [0.29, 0.717) is 5.92 Å². The summed E-state index contributed by atoms with van der Waals surface area (Å²) in [6.07, 6.45) is 1.05. The first-order valence-corrected chi connectivity index (χ1v) is 7.48.